The number of hydrogen-bond acceptors (Lipinski definition) is 6. The molecule has 0 aliphatic rings. The molecule has 2 aromatic rings. The molecule has 0 bridgehead atoms. The third-order valence-electron chi connectivity index (χ3n) is 4.49. The van der Waals surface area contributed by atoms with Crippen LogP contribution in [-0.4, -0.2) is 27.6 Å². The first-order valence-electron chi connectivity index (χ1n) is 8.59. The Labute approximate surface area is 178 Å². The van der Waals surface area contributed by atoms with Crippen molar-refractivity contribution >= 4 is 29.2 Å². The van der Waals surface area contributed by atoms with E-state index < -0.39 is 73.3 Å². The molecule has 0 aliphatic carbocycles. The van der Waals surface area contributed by atoms with E-state index in [4.69, 9.17) is 21.1 Å². The predicted molar refractivity (Wildman–Crippen MR) is 101 cm³/mol. The van der Waals surface area contributed by atoms with Crippen LogP contribution in [0.25, 0.3) is 0 Å². The Morgan fingerprint density at radius 3 is 2.35 bits per heavy atom. The van der Waals surface area contributed by atoms with Crippen LogP contribution in [-0.2, 0) is 9.53 Å². The van der Waals surface area contributed by atoms with Crippen LogP contribution in [0.1, 0.15) is 36.2 Å². The molecule has 1 atom stereocenters. The summed E-state index contributed by atoms with van der Waals surface area (Å²) < 4.78 is 52.2. The topological polar surface area (TPSA) is 116 Å². The van der Waals surface area contributed by atoms with Crippen molar-refractivity contribution in [1.29, 1.82) is 0 Å². The summed E-state index contributed by atoms with van der Waals surface area (Å²) in [5.74, 6) is -9.21. The van der Waals surface area contributed by atoms with Gasteiger partial charge in [-0.25, -0.2) is 18.4 Å². The van der Waals surface area contributed by atoms with Gasteiger partial charge in [-0.15, -0.1) is 0 Å². The zero-order valence-corrected chi connectivity index (χ0v) is 17.1. The molecule has 0 aromatic heterocycles. The summed E-state index contributed by atoms with van der Waals surface area (Å²) in [5.41, 5.74) is -4.02. The molecule has 31 heavy (non-hydrogen) atoms. The minimum atomic E-state index is -1.99. The summed E-state index contributed by atoms with van der Waals surface area (Å²) in [4.78, 5) is 34.1. The van der Waals surface area contributed by atoms with Gasteiger partial charge >= 0.3 is 11.9 Å². The van der Waals surface area contributed by atoms with E-state index in [1.165, 1.54) is 6.92 Å². The molecule has 166 valence electrons. The molecule has 12 heteroatoms. The van der Waals surface area contributed by atoms with Crippen molar-refractivity contribution in [3.05, 3.63) is 61.9 Å². The maximum atomic E-state index is 14.3. The fourth-order valence-corrected chi connectivity index (χ4v) is 2.53. The lowest BCUT2D eigenvalue weighted by atomic mass is 10.0. The number of esters is 1. The Bertz CT molecular complexity index is 1060. The SMILES string of the molecule is CCC(C)(OC(=O)c1cc(Oc2c(F)c(F)c(C)c(Cl)c2F)ccc1[N+](=O)[O-])C(=O)O. The number of halogens is 4. The smallest absolute Gasteiger partial charge is 0.347 e. The number of ether oxygens (including phenoxy) is 2. The first-order chi connectivity index (χ1) is 14.3. The highest BCUT2D eigenvalue weighted by atomic mass is 35.5. The summed E-state index contributed by atoms with van der Waals surface area (Å²) in [6.45, 7) is 3.54. The summed E-state index contributed by atoms with van der Waals surface area (Å²) in [5, 5.41) is 19.7. The maximum absolute atomic E-state index is 14.3. The van der Waals surface area contributed by atoms with Gasteiger partial charge in [0.25, 0.3) is 5.69 Å². The Hall–Kier alpha value is -3.34. The number of aliphatic carboxylic acids is 1. The minimum Gasteiger partial charge on any atom is -0.478 e. The molecule has 8 nitrogen and oxygen atoms in total. The van der Waals surface area contributed by atoms with Crippen LogP contribution in [0.5, 0.6) is 11.5 Å². The van der Waals surface area contributed by atoms with Crippen LogP contribution < -0.4 is 4.74 Å². The third-order valence-corrected chi connectivity index (χ3v) is 4.94. The van der Waals surface area contributed by atoms with E-state index in [1.54, 1.807) is 0 Å². The minimum absolute atomic E-state index is 0.157. The van der Waals surface area contributed by atoms with Gasteiger partial charge in [0, 0.05) is 17.7 Å². The highest BCUT2D eigenvalue weighted by Crippen LogP contribution is 2.37. The van der Waals surface area contributed by atoms with Gasteiger partial charge in [0.2, 0.25) is 17.2 Å². The van der Waals surface area contributed by atoms with Crippen LogP contribution >= 0.6 is 11.6 Å². The lowest BCUT2D eigenvalue weighted by Gasteiger charge is -2.23. The van der Waals surface area contributed by atoms with Crippen LogP contribution in [0.15, 0.2) is 18.2 Å². The molecule has 0 amide bonds. The number of nitrogens with zero attached hydrogens (tertiary/aromatic N) is 1. The number of benzene rings is 2. The third kappa shape index (κ3) is 4.55. The first kappa shape index (κ1) is 23.9. The molecular formula is C19H15ClF3NO7. The van der Waals surface area contributed by atoms with E-state index in [0.717, 1.165) is 26.0 Å². The molecule has 1 N–H and O–H groups in total. The molecule has 2 rings (SSSR count). The lowest BCUT2D eigenvalue weighted by Crippen LogP contribution is -2.39. The highest BCUT2D eigenvalue weighted by Gasteiger charge is 2.37. The van der Waals surface area contributed by atoms with Gasteiger partial charge in [0.05, 0.1) is 9.95 Å². The molecule has 1 unspecified atom stereocenters. The van der Waals surface area contributed by atoms with Crippen molar-refractivity contribution in [3.63, 3.8) is 0 Å². The Morgan fingerprint density at radius 2 is 1.84 bits per heavy atom. The van der Waals surface area contributed by atoms with Gasteiger partial charge in [0.15, 0.2) is 11.6 Å². The van der Waals surface area contributed by atoms with Gasteiger partial charge in [0.1, 0.15) is 11.3 Å². The molecular weight excluding hydrogens is 447 g/mol. The van der Waals surface area contributed by atoms with Gasteiger partial charge in [-0.1, -0.05) is 18.5 Å². The summed E-state index contributed by atoms with van der Waals surface area (Å²) in [6, 6.07) is 2.39. The monoisotopic (exact) mass is 461 g/mol. The zero-order valence-electron chi connectivity index (χ0n) is 16.3. The molecule has 0 aliphatic heterocycles. The largest absolute Gasteiger partial charge is 0.478 e. The van der Waals surface area contributed by atoms with Crippen LogP contribution in [0.2, 0.25) is 5.02 Å². The fourth-order valence-electron chi connectivity index (χ4n) is 2.36. The first-order valence-corrected chi connectivity index (χ1v) is 8.97. The van der Waals surface area contributed by atoms with Crippen molar-refractivity contribution in [2.24, 2.45) is 0 Å². The van der Waals surface area contributed by atoms with Crippen LogP contribution in [0, 0.1) is 34.5 Å². The second kappa shape index (κ2) is 8.80. The second-order valence-electron chi connectivity index (χ2n) is 6.53. The number of carbonyl (C=O) groups excluding carboxylic acids is 1. The predicted octanol–water partition coefficient (Wildman–Crippen LogP) is 5.18. The summed E-state index contributed by atoms with van der Waals surface area (Å²) in [7, 11) is 0. The zero-order chi connectivity index (χ0) is 23.7. The molecule has 0 radical (unpaired) electrons. The van der Waals surface area contributed by atoms with Gasteiger partial charge in [-0.05, 0) is 26.3 Å². The number of carboxylic acids is 1. The average molecular weight is 462 g/mol. The molecule has 2 aromatic carbocycles. The van der Waals surface area contributed by atoms with E-state index in [1.807, 2.05) is 0 Å². The molecule has 0 heterocycles. The molecule has 0 saturated heterocycles. The van der Waals surface area contributed by atoms with E-state index in [2.05, 4.69) is 0 Å². The number of hydrogen-bond donors (Lipinski definition) is 1. The maximum Gasteiger partial charge on any atom is 0.347 e. The van der Waals surface area contributed by atoms with E-state index in [9.17, 15) is 38.0 Å². The molecule has 0 saturated carbocycles. The fraction of sp³-hybridized carbons (Fsp3) is 0.263. The van der Waals surface area contributed by atoms with Gasteiger partial charge < -0.3 is 14.6 Å². The van der Waals surface area contributed by atoms with Crippen molar-refractivity contribution in [1.82, 2.24) is 0 Å². The van der Waals surface area contributed by atoms with Crippen molar-refractivity contribution in [3.8, 4) is 11.5 Å². The van der Waals surface area contributed by atoms with E-state index >= 15 is 0 Å². The van der Waals surface area contributed by atoms with Crippen molar-refractivity contribution < 1.29 is 42.3 Å². The normalized spacial score (nSPS) is 12.7. The Morgan fingerprint density at radius 1 is 1.23 bits per heavy atom. The van der Waals surface area contributed by atoms with Gasteiger partial charge in [-0.3, -0.25) is 10.1 Å². The van der Waals surface area contributed by atoms with Crippen LogP contribution in [0.3, 0.4) is 0 Å². The van der Waals surface area contributed by atoms with Gasteiger partial charge in [-0.2, -0.15) is 4.39 Å². The quantitative estimate of drug-likeness (QED) is 0.261. The Balaban J connectivity index is 2.54. The lowest BCUT2D eigenvalue weighted by molar-refractivity contribution is -0.385. The standard InChI is InChI=1S/C19H15ClF3NO7/c1-4-19(3,18(26)27)31-17(25)10-7-9(5-6-11(10)24(28)29)30-16-14(22)12(20)8(2)13(21)15(16)23/h5-7H,4H2,1-3H3,(H,26,27). The number of carbonyl (C=O) groups is 2. The van der Waals surface area contributed by atoms with Crippen molar-refractivity contribution in [2.45, 2.75) is 32.8 Å². The average Bonchev–Trinajstić information content (AvgIpc) is 2.73. The number of carboxylic acid groups (broad SMARTS) is 1. The highest BCUT2D eigenvalue weighted by molar-refractivity contribution is 6.31. The number of nitro groups is 1. The van der Waals surface area contributed by atoms with E-state index in [-0.39, 0.29) is 6.42 Å². The number of rotatable bonds is 7. The Kier molecular flexibility index (Phi) is 6.80. The second-order valence-corrected chi connectivity index (χ2v) is 6.91. The summed E-state index contributed by atoms with van der Waals surface area (Å²) >= 11 is 5.61. The molecule has 0 spiro atoms. The van der Waals surface area contributed by atoms with Crippen LogP contribution in [0.4, 0.5) is 18.9 Å². The van der Waals surface area contributed by atoms with E-state index in [0.29, 0.717) is 6.07 Å². The summed E-state index contributed by atoms with van der Waals surface area (Å²) in [6.07, 6.45) is -0.157. The van der Waals surface area contributed by atoms with Crippen molar-refractivity contribution in [2.75, 3.05) is 0 Å². The molecule has 0 fully saturated rings. The number of nitro benzene ring substituents is 1.